The lowest BCUT2D eigenvalue weighted by molar-refractivity contribution is 1.23. The van der Waals surface area contributed by atoms with E-state index >= 15 is 0 Å². The standard InChI is InChI=1S/C10H12N2/c1-4-5-11-7-10-8(2)6-9(3)12-10/h1,6-7,12H,5H2,2-3H3. The molecule has 1 aromatic heterocycles. The number of aliphatic imine (C=N–C) groups is 1. The first kappa shape index (κ1) is 8.61. The largest absolute Gasteiger partial charge is 0.358 e. The molecule has 62 valence electrons. The Labute approximate surface area is 72.7 Å². The van der Waals surface area contributed by atoms with Crippen LogP contribution in [0.15, 0.2) is 11.1 Å². The lowest BCUT2D eigenvalue weighted by Gasteiger charge is -1.87. The van der Waals surface area contributed by atoms with E-state index in [0.717, 1.165) is 11.4 Å². The summed E-state index contributed by atoms with van der Waals surface area (Å²) in [6, 6.07) is 2.08. The van der Waals surface area contributed by atoms with Crippen molar-refractivity contribution in [3.63, 3.8) is 0 Å². The van der Waals surface area contributed by atoms with Crippen LogP contribution in [0.5, 0.6) is 0 Å². The lowest BCUT2D eigenvalue weighted by atomic mass is 10.3. The van der Waals surface area contributed by atoms with Crippen LogP contribution in [0.4, 0.5) is 0 Å². The Morgan fingerprint density at radius 1 is 1.67 bits per heavy atom. The molecule has 0 spiro atoms. The van der Waals surface area contributed by atoms with Gasteiger partial charge in [0.25, 0.3) is 0 Å². The molecule has 1 aromatic rings. The fourth-order valence-electron chi connectivity index (χ4n) is 1.07. The first-order chi connectivity index (χ1) is 5.74. The van der Waals surface area contributed by atoms with E-state index in [9.17, 15) is 0 Å². The van der Waals surface area contributed by atoms with Crippen molar-refractivity contribution in [2.75, 3.05) is 6.54 Å². The molecule has 0 aromatic carbocycles. The maximum absolute atomic E-state index is 5.06. The predicted molar refractivity (Wildman–Crippen MR) is 51.6 cm³/mol. The Kier molecular flexibility index (Phi) is 2.71. The van der Waals surface area contributed by atoms with E-state index in [1.54, 1.807) is 6.21 Å². The summed E-state index contributed by atoms with van der Waals surface area (Å²) in [6.07, 6.45) is 6.84. The van der Waals surface area contributed by atoms with E-state index in [2.05, 4.69) is 22.0 Å². The second kappa shape index (κ2) is 3.77. The summed E-state index contributed by atoms with van der Waals surface area (Å²) in [6.45, 7) is 4.50. The number of hydrogen-bond acceptors (Lipinski definition) is 1. The van der Waals surface area contributed by atoms with Crippen molar-refractivity contribution in [3.05, 3.63) is 23.0 Å². The van der Waals surface area contributed by atoms with Gasteiger partial charge in [0.1, 0.15) is 0 Å². The zero-order chi connectivity index (χ0) is 8.97. The number of nitrogens with zero attached hydrogens (tertiary/aromatic N) is 1. The zero-order valence-corrected chi connectivity index (χ0v) is 7.39. The number of hydrogen-bond donors (Lipinski definition) is 1. The Morgan fingerprint density at radius 3 is 2.92 bits per heavy atom. The van der Waals surface area contributed by atoms with Crippen molar-refractivity contribution in [2.24, 2.45) is 4.99 Å². The van der Waals surface area contributed by atoms with Gasteiger partial charge in [-0.05, 0) is 25.5 Å². The summed E-state index contributed by atoms with van der Waals surface area (Å²) in [4.78, 5) is 7.23. The number of aromatic amines is 1. The minimum Gasteiger partial charge on any atom is -0.358 e. The molecule has 0 unspecified atom stereocenters. The zero-order valence-electron chi connectivity index (χ0n) is 7.39. The van der Waals surface area contributed by atoms with Crippen molar-refractivity contribution in [2.45, 2.75) is 13.8 Å². The SMILES string of the molecule is C#CCN=Cc1[nH]c(C)cc1C. The Morgan fingerprint density at radius 2 is 2.42 bits per heavy atom. The molecule has 0 aliphatic carbocycles. The van der Waals surface area contributed by atoms with E-state index in [4.69, 9.17) is 6.42 Å². The molecule has 0 saturated carbocycles. The summed E-state index contributed by atoms with van der Waals surface area (Å²) in [5, 5.41) is 0. The normalized spacial score (nSPS) is 10.4. The molecule has 2 nitrogen and oxygen atoms in total. The molecule has 0 radical (unpaired) electrons. The van der Waals surface area contributed by atoms with Crippen molar-refractivity contribution in [3.8, 4) is 12.3 Å². The topological polar surface area (TPSA) is 28.1 Å². The number of H-pyrrole nitrogens is 1. The highest BCUT2D eigenvalue weighted by Gasteiger charge is 1.96. The second-order valence-electron chi connectivity index (χ2n) is 2.72. The van der Waals surface area contributed by atoms with E-state index in [1.807, 2.05) is 13.8 Å². The van der Waals surface area contributed by atoms with Gasteiger partial charge in [-0.1, -0.05) is 5.92 Å². The first-order valence-electron chi connectivity index (χ1n) is 3.83. The van der Waals surface area contributed by atoms with Gasteiger partial charge in [-0.15, -0.1) is 6.42 Å². The molecule has 2 heteroatoms. The Bertz CT molecular complexity index is 326. The van der Waals surface area contributed by atoms with Gasteiger partial charge in [-0.2, -0.15) is 0 Å². The van der Waals surface area contributed by atoms with E-state index < -0.39 is 0 Å². The molecule has 1 N–H and O–H groups in total. The van der Waals surface area contributed by atoms with Crippen molar-refractivity contribution >= 4 is 6.21 Å². The summed E-state index contributed by atoms with van der Waals surface area (Å²) in [5.74, 6) is 2.45. The number of nitrogens with one attached hydrogen (secondary N) is 1. The van der Waals surface area contributed by atoms with Crippen LogP contribution in [0.3, 0.4) is 0 Å². The minimum atomic E-state index is 0.442. The quantitative estimate of drug-likeness (QED) is 0.503. The maximum Gasteiger partial charge on any atom is 0.0995 e. The summed E-state index contributed by atoms with van der Waals surface area (Å²) >= 11 is 0. The van der Waals surface area contributed by atoms with Crippen LogP contribution in [0.25, 0.3) is 0 Å². The molecule has 1 rings (SSSR count). The van der Waals surface area contributed by atoms with Crippen LogP contribution in [-0.2, 0) is 0 Å². The Balaban J connectivity index is 2.76. The molecule has 1 heterocycles. The van der Waals surface area contributed by atoms with Gasteiger partial charge < -0.3 is 4.98 Å². The van der Waals surface area contributed by atoms with E-state index in [-0.39, 0.29) is 0 Å². The highest BCUT2D eigenvalue weighted by atomic mass is 14.8. The molecule has 0 aliphatic heterocycles. The summed E-state index contributed by atoms with van der Waals surface area (Å²) in [7, 11) is 0. The second-order valence-corrected chi connectivity index (χ2v) is 2.72. The minimum absolute atomic E-state index is 0.442. The van der Waals surface area contributed by atoms with Crippen LogP contribution in [-0.4, -0.2) is 17.7 Å². The highest BCUT2D eigenvalue weighted by Crippen LogP contribution is 2.05. The lowest BCUT2D eigenvalue weighted by Crippen LogP contribution is -1.85. The average Bonchev–Trinajstić information content (AvgIpc) is 2.31. The van der Waals surface area contributed by atoms with Gasteiger partial charge in [-0.25, -0.2) is 0 Å². The number of terminal acetylenes is 1. The third-order valence-corrected chi connectivity index (χ3v) is 1.59. The van der Waals surface area contributed by atoms with Crippen molar-refractivity contribution < 1.29 is 0 Å². The number of rotatable bonds is 2. The number of aryl methyl sites for hydroxylation is 2. The van der Waals surface area contributed by atoms with Gasteiger partial charge >= 0.3 is 0 Å². The first-order valence-corrected chi connectivity index (χ1v) is 3.83. The van der Waals surface area contributed by atoms with Crippen LogP contribution >= 0.6 is 0 Å². The van der Waals surface area contributed by atoms with Gasteiger partial charge in [-0.3, -0.25) is 4.99 Å². The third kappa shape index (κ3) is 2.00. The molecule has 12 heavy (non-hydrogen) atoms. The van der Waals surface area contributed by atoms with Crippen molar-refractivity contribution in [1.82, 2.24) is 4.98 Å². The molecule has 0 bridgehead atoms. The molecule has 0 aliphatic rings. The van der Waals surface area contributed by atoms with Gasteiger partial charge in [0, 0.05) is 11.9 Å². The Hall–Kier alpha value is -1.49. The molecule has 0 saturated heterocycles. The van der Waals surface area contributed by atoms with Crippen LogP contribution in [0, 0.1) is 26.2 Å². The molecular formula is C10H12N2. The fourth-order valence-corrected chi connectivity index (χ4v) is 1.07. The molecular weight excluding hydrogens is 148 g/mol. The van der Waals surface area contributed by atoms with Crippen molar-refractivity contribution in [1.29, 1.82) is 0 Å². The van der Waals surface area contributed by atoms with E-state index in [0.29, 0.717) is 6.54 Å². The monoisotopic (exact) mass is 160 g/mol. The summed E-state index contributed by atoms with van der Waals surface area (Å²) in [5.41, 5.74) is 3.39. The molecule has 0 fully saturated rings. The smallest absolute Gasteiger partial charge is 0.0995 e. The summed E-state index contributed by atoms with van der Waals surface area (Å²) < 4.78 is 0. The maximum atomic E-state index is 5.06. The predicted octanol–water partition coefficient (Wildman–Crippen LogP) is 1.68. The average molecular weight is 160 g/mol. The van der Waals surface area contributed by atoms with Gasteiger partial charge in [0.15, 0.2) is 0 Å². The third-order valence-electron chi connectivity index (χ3n) is 1.59. The van der Waals surface area contributed by atoms with Crippen LogP contribution < -0.4 is 0 Å². The fraction of sp³-hybridized carbons (Fsp3) is 0.300. The highest BCUT2D eigenvalue weighted by molar-refractivity contribution is 5.79. The van der Waals surface area contributed by atoms with Gasteiger partial charge in [0.05, 0.1) is 12.2 Å². The molecule has 0 atom stereocenters. The molecule has 0 amide bonds. The van der Waals surface area contributed by atoms with E-state index in [1.165, 1.54) is 5.56 Å². The van der Waals surface area contributed by atoms with Gasteiger partial charge in [0.2, 0.25) is 0 Å². The van der Waals surface area contributed by atoms with Crippen LogP contribution in [0.2, 0.25) is 0 Å². The number of aromatic nitrogens is 1. The van der Waals surface area contributed by atoms with Crippen LogP contribution in [0.1, 0.15) is 17.0 Å².